The smallest absolute Gasteiger partial charge is 0.123 e. The van der Waals surface area contributed by atoms with Crippen LogP contribution in [0.1, 0.15) is 61.2 Å². The second kappa shape index (κ2) is 12.7. The van der Waals surface area contributed by atoms with Crippen LogP contribution in [-0.2, 0) is 6.42 Å². The van der Waals surface area contributed by atoms with Crippen LogP contribution < -0.4 is 0 Å². The number of hydrogen-bond donors (Lipinski definition) is 0. The molecule has 4 nitrogen and oxygen atoms in total. The summed E-state index contributed by atoms with van der Waals surface area (Å²) in [7, 11) is 0. The van der Waals surface area contributed by atoms with E-state index in [-0.39, 0.29) is 17.7 Å². The molecule has 39 heavy (non-hydrogen) atoms. The molecule has 0 aliphatic carbocycles. The first-order valence-electron chi connectivity index (χ1n) is 14.1. The zero-order valence-electron chi connectivity index (χ0n) is 22.9. The highest BCUT2D eigenvalue weighted by Crippen LogP contribution is 2.30. The van der Waals surface area contributed by atoms with E-state index < -0.39 is 0 Å². The zero-order valence-corrected chi connectivity index (χ0v) is 22.9. The Balaban J connectivity index is 1.17. The lowest BCUT2D eigenvalue weighted by molar-refractivity contribution is 0.108. The average Bonchev–Trinajstić information content (AvgIpc) is 3.39. The van der Waals surface area contributed by atoms with Crippen LogP contribution in [-0.4, -0.2) is 52.3 Å². The highest BCUT2D eigenvalue weighted by molar-refractivity contribution is 5.34. The summed E-state index contributed by atoms with van der Waals surface area (Å²) < 4.78 is 29.4. The molecule has 5 rings (SSSR count). The van der Waals surface area contributed by atoms with Gasteiger partial charge in [-0.25, -0.2) is 13.5 Å². The topological polar surface area (TPSA) is 24.3 Å². The van der Waals surface area contributed by atoms with Gasteiger partial charge in [0.05, 0.1) is 17.4 Å². The number of halogens is 2. The number of rotatable bonds is 10. The average molecular weight is 529 g/mol. The van der Waals surface area contributed by atoms with Crippen LogP contribution in [0.2, 0.25) is 0 Å². The summed E-state index contributed by atoms with van der Waals surface area (Å²) in [6.45, 7) is 9.25. The minimum absolute atomic E-state index is 0.0122. The van der Waals surface area contributed by atoms with Crippen LogP contribution in [0.3, 0.4) is 0 Å². The third-order valence-electron chi connectivity index (χ3n) is 7.70. The van der Waals surface area contributed by atoms with E-state index in [2.05, 4.69) is 58.7 Å². The van der Waals surface area contributed by atoms with Crippen molar-refractivity contribution in [2.45, 2.75) is 45.1 Å². The van der Waals surface area contributed by atoms with Gasteiger partial charge in [-0.15, -0.1) is 0 Å². The largest absolute Gasteiger partial charge is 0.301 e. The molecular weight excluding hydrogens is 490 g/mol. The number of piperazine rings is 1. The Morgan fingerprint density at radius 1 is 0.744 bits per heavy atom. The first kappa shape index (κ1) is 27.2. The summed E-state index contributed by atoms with van der Waals surface area (Å²) in [5.41, 5.74) is 5.60. The van der Waals surface area contributed by atoms with Crippen molar-refractivity contribution in [2.24, 2.45) is 0 Å². The van der Waals surface area contributed by atoms with Crippen LogP contribution in [0, 0.1) is 11.6 Å². The fourth-order valence-electron chi connectivity index (χ4n) is 5.48. The zero-order chi connectivity index (χ0) is 27.2. The molecule has 0 N–H and O–H groups in total. The molecule has 0 radical (unpaired) electrons. The molecule has 1 aliphatic rings. The van der Waals surface area contributed by atoms with Crippen molar-refractivity contribution >= 4 is 0 Å². The van der Waals surface area contributed by atoms with Crippen LogP contribution >= 0.6 is 0 Å². The third kappa shape index (κ3) is 6.81. The van der Waals surface area contributed by atoms with E-state index in [1.54, 1.807) is 0 Å². The fraction of sp³-hybridized carbons (Fsp3) is 0.364. The third-order valence-corrected chi connectivity index (χ3v) is 7.70. The Labute approximate surface area is 230 Å². The normalized spacial score (nSPS) is 14.9. The lowest BCUT2D eigenvalue weighted by Crippen LogP contribution is -2.48. The minimum atomic E-state index is -0.242. The van der Waals surface area contributed by atoms with Crippen molar-refractivity contribution in [2.75, 3.05) is 32.7 Å². The van der Waals surface area contributed by atoms with Gasteiger partial charge in [-0.3, -0.25) is 4.90 Å². The summed E-state index contributed by atoms with van der Waals surface area (Å²) in [6, 6.07) is 26.1. The molecule has 0 spiro atoms. The highest BCUT2D eigenvalue weighted by Gasteiger charge is 2.26. The van der Waals surface area contributed by atoms with Crippen molar-refractivity contribution < 1.29 is 8.78 Å². The molecule has 0 atom stereocenters. The number of unbranched alkanes of at least 4 members (excludes halogenated alkanes) is 1. The lowest BCUT2D eigenvalue weighted by atomic mass is 9.96. The van der Waals surface area contributed by atoms with Gasteiger partial charge in [0.25, 0.3) is 0 Å². The quantitative estimate of drug-likeness (QED) is 0.207. The van der Waals surface area contributed by atoms with Gasteiger partial charge in [-0.1, -0.05) is 56.3 Å². The van der Waals surface area contributed by atoms with E-state index in [1.807, 2.05) is 30.3 Å². The molecule has 0 unspecified atom stereocenters. The summed E-state index contributed by atoms with van der Waals surface area (Å²) >= 11 is 0. The molecule has 1 fully saturated rings. The van der Waals surface area contributed by atoms with Gasteiger partial charge in [-0.05, 0) is 85.3 Å². The van der Waals surface area contributed by atoms with Gasteiger partial charge >= 0.3 is 0 Å². The Hall–Kier alpha value is -3.35. The molecule has 0 saturated carbocycles. The summed E-state index contributed by atoms with van der Waals surface area (Å²) in [5.74, 6) is -0.0824. The summed E-state index contributed by atoms with van der Waals surface area (Å²) in [6.07, 6.45) is 3.26. The maximum absolute atomic E-state index is 13.6. The van der Waals surface area contributed by atoms with Gasteiger partial charge in [-0.2, -0.15) is 5.10 Å². The van der Waals surface area contributed by atoms with E-state index in [1.165, 1.54) is 30.0 Å². The van der Waals surface area contributed by atoms with E-state index >= 15 is 0 Å². The van der Waals surface area contributed by atoms with Gasteiger partial charge in [0.2, 0.25) is 0 Å². The molecule has 1 aliphatic heterocycles. The molecule has 4 aromatic rings. The lowest BCUT2D eigenvalue weighted by Gasteiger charge is -2.40. The van der Waals surface area contributed by atoms with Crippen molar-refractivity contribution in [3.63, 3.8) is 0 Å². The van der Waals surface area contributed by atoms with Gasteiger partial charge in [0, 0.05) is 31.9 Å². The van der Waals surface area contributed by atoms with Crippen molar-refractivity contribution in [1.82, 2.24) is 19.6 Å². The predicted molar refractivity (Wildman–Crippen MR) is 153 cm³/mol. The van der Waals surface area contributed by atoms with E-state index in [4.69, 9.17) is 5.10 Å². The van der Waals surface area contributed by atoms with Crippen molar-refractivity contribution in [3.05, 3.63) is 119 Å². The maximum Gasteiger partial charge on any atom is 0.123 e. The predicted octanol–water partition coefficient (Wildman–Crippen LogP) is 7.00. The second-order valence-electron chi connectivity index (χ2n) is 10.8. The molecule has 1 saturated heterocycles. The van der Waals surface area contributed by atoms with E-state index in [0.717, 1.165) is 74.5 Å². The van der Waals surface area contributed by atoms with Crippen LogP contribution in [0.15, 0.2) is 84.9 Å². The monoisotopic (exact) mass is 528 g/mol. The first-order chi connectivity index (χ1) is 19.0. The molecular formula is C33H38F2N4. The van der Waals surface area contributed by atoms with Gasteiger partial charge in [0.15, 0.2) is 0 Å². The Morgan fingerprint density at radius 2 is 1.33 bits per heavy atom. The van der Waals surface area contributed by atoms with Crippen LogP contribution in [0.4, 0.5) is 8.78 Å². The minimum Gasteiger partial charge on any atom is -0.301 e. The summed E-state index contributed by atoms with van der Waals surface area (Å²) in [4.78, 5) is 4.97. The highest BCUT2D eigenvalue weighted by atomic mass is 19.1. The Morgan fingerprint density at radius 3 is 1.90 bits per heavy atom. The number of hydrogen-bond acceptors (Lipinski definition) is 3. The molecule has 3 aromatic carbocycles. The first-order valence-corrected chi connectivity index (χ1v) is 14.1. The van der Waals surface area contributed by atoms with E-state index in [0.29, 0.717) is 5.92 Å². The van der Waals surface area contributed by atoms with Crippen LogP contribution in [0.25, 0.3) is 5.69 Å². The molecule has 204 valence electrons. The number of aromatic nitrogens is 2. The number of nitrogens with zero attached hydrogens (tertiary/aromatic N) is 4. The Kier molecular flexibility index (Phi) is 8.84. The molecule has 2 heterocycles. The van der Waals surface area contributed by atoms with Crippen molar-refractivity contribution in [3.8, 4) is 5.69 Å². The summed E-state index contributed by atoms with van der Waals surface area (Å²) in [5, 5.41) is 4.89. The molecule has 0 amide bonds. The second-order valence-corrected chi connectivity index (χ2v) is 10.8. The SMILES string of the molecule is CC(C)c1cc(CCCCN2CCN(C(c3ccc(F)cc3)c3ccc(F)cc3)CC2)n(-c2ccccc2)n1. The number of aryl methyl sites for hydroxylation is 1. The number of benzene rings is 3. The van der Waals surface area contributed by atoms with Gasteiger partial charge in [0.1, 0.15) is 11.6 Å². The maximum atomic E-state index is 13.6. The number of para-hydroxylation sites is 1. The fourth-order valence-corrected chi connectivity index (χ4v) is 5.48. The van der Waals surface area contributed by atoms with E-state index in [9.17, 15) is 8.78 Å². The molecule has 0 bridgehead atoms. The standard InChI is InChI=1S/C33H38F2N4/c1-25(2)32-24-31(39(36-32)30-8-4-3-5-9-30)10-6-7-19-37-20-22-38(23-21-37)33(26-11-15-28(34)16-12-26)27-13-17-29(35)18-14-27/h3-5,8-9,11-18,24-25,33H,6-7,10,19-23H2,1-2H3. The van der Waals surface area contributed by atoms with Crippen molar-refractivity contribution in [1.29, 1.82) is 0 Å². The molecule has 1 aromatic heterocycles. The van der Waals surface area contributed by atoms with Gasteiger partial charge < -0.3 is 4.90 Å². The molecule has 6 heteroatoms. The van der Waals surface area contributed by atoms with Crippen LogP contribution in [0.5, 0.6) is 0 Å². The Bertz CT molecular complexity index is 1260.